The smallest absolute Gasteiger partial charge is 0.292 e. The van der Waals surface area contributed by atoms with E-state index in [9.17, 15) is 9.59 Å². The van der Waals surface area contributed by atoms with Crippen molar-refractivity contribution in [1.82, 2.24) is 20.2 Å². The molecule has 1 N–H and O–H groups in total. The molecule has 2 amide bonds. The molecule has 0 saturated carbocycles. The number of carbonyl (C=O) groups excluding carboxylic acids is 2. The predicted octanol–water partition coefficient (Wildman–Crippen LogP) is 8.68. The monoisotopic (exact) mass is 788 g/mol. The number of nitrogens with one attached hydrogen (secondary N) is 1. The topological polar surface area (TPSA) is 116 Å². The second kappa shape index (κ2) is 16.1. The lowest BCUT2D eigenvalue weighted by Gasteiger charge is -2.36. The molecule has 2 aliphatic rings. The zero-order valence-electron chi connectivity index (χ0n) is 30.8. The van der Waals surface area contributed by atoms with Crippen molar-refractivity contribution < 1.29 is 28.2 Å². The molecule has 0 bridgehead atoms. The number of fused-ring (bicyclic) bond motifs is 2. The summed E-state index contributed by atoms with van der Waals surface area (Å²) in [6.45, 7) is 5.32. The van der Waals surface area contributed by atoms with Crippen LogP contribution in [0, 0.1) is 13.8 Å². The first-order chi connectivity index (χ1) is 27.2. The number of aryl methyl sites for hydroxylation is 1. The summed E-state index contributed by atoms with van der Waals surface area (Å²) >= 11 is 12.2. The average Bonchev–Trinajstić information content (AvgIpc) is 3.77. The van der Waals surface area contributed by atoms with Gasteiger partial charge in [-0.1, -0.05) is 65.7 Å². The van der Waals surface area contributed by atoms with Crippen molar-refractivity contribution in [2.75, 3.05) is 13.2 Å². The number of pyridine rings is 1. The van der Waals surface area contributed by atoms with Gasteiger partial charge < -0.3 is 28.8 Å². The molecular weight excluding hydrogens is 751 g/mol. The summed E-state index contributed by atoms with van der Waals surface area (Å²) in [6, 6.07) is 26.5. The fraction of sp³-hybridized carbons (Fsp3) is 0.227. The minimum Gasteiger partial charge on any atom is -0.489 e. The Hall–Kier alpha value is -5.84. The summed E-state index contributed by atoms with van der Waals surface area (Å²) in [5.41, 5.74) is 9.12. The van der Waals surface area contributed by atoms with Crippen molar-refractivity contribution in [3.63, 3.8) is 0 Å². The van der Waals surface area contributed by atoms with Crippen LogP contribution in [0.1, 0.15) is 55.7 Å². The summed E-state index contributed by atoms with van der Waals surface area (Å²) in [5.74, 6) is 1.25. The van der Waals surface area contributed by atoms with Crippen LogP contribution < -0.4 is 19.5 Å². The molecule has 10 nitrogen and oxygen atoms in total. The van der Waals surface area contributed by atoms with E-state index in [1.54, 1.807) is 12.1 Å². The van der Waals surface area contributed by atoms with E-state index in [0.717, 1.165) is 50.2 Å². The van der Waals surface area contributed by atoms with Gasteiger partial charge in [0.2, 0.25) is 11.7 Å². The molecule has 4 heterocycles. The number of oxazole rings is 1. The molecule has 0 radical (unpaired) electrons. The normalized spacial score (nSPS) is 15.9. The van der Waals surface area contributed by atoms with Gasteiger partial charge >= 0.3 is 0 Å². The summed E-state index contributed by atoms with van der Waals surface area (Å²) in [7, 11) is 0. The number of nitrogens with zero attached hydrogens (tertiary/aromatic N) is 3. The van der Waals surface area contributed by atoms with Crippen LogP contribution in [0.25, 0.3) is 11.1 Å². The lowest BCUT2D eigenvalue weighted by atomic mass is 9.92. The number of benzene rings is 4. The van der Waals surface area contributed by atoms with E-state index in [1.165, 1.54) is 17.5 Å². The Labute approximate surface area is 334 Å². The van der Waals surface area contributed by atoms with Crippen LogP contribution in [0.5, 0.6) is 17.2 Å². The molecule has 12 heteroatoms. The van der Waals surface area contributed by atoms with E-state index in [2.05, 4.69) is 46.5 Å². The van der Waals surface area contributed by atoms with Crippen LogP contribution in [0.15, 0.2) is 108 Å². The molecule has 284 valence electrons. The number of rotatable bonds is 10. The van der Waals surface area contributed by atoms with Crippen molar-refractivity contribution in [2.24, 2.45) is 0 Å². The Kier molecular flexibility index (Phi) is 10.7. The van der Waals surface area contributed by atoms with E-state index in [0.29, 0.717) is 59.9 Å². The fourth-order valence-corrected chi connectivity index (χ4v) is 7.37. The van der Waals surface area contributed by atoms with Gasteiger partial charge in [0.15, 0.2) is 24.0 Å². The highest BCUT2D eigenvalue weighted by atomic mass is 35.5. The van der Waals surface area contributed by atoms with E-state index >= 15 is 0 Å². The Bertz CT molecular complexity index is 2390. The number of hydrogen-bond donors (Lipinski definition) is 1. The molecule has 56 heavy (non-hydrogen) atoms. The largest absolute Gasteiger partial charge is 0.489 e. The van der Waals surface area contributed by atoms with Gasteiger partial charge in [-0.2, -0.15) is 0 Å². The molecule has 0 saturated heterocycles. The molecule has 4 aromatic carbocycles. The summed E-state index contributed by atoms with van der Waals surface area (Å²) in [6.07, 6.45) is 4.96. The molecule has 0 spiro atoms. The number of aromatic nitrogens is 2. The maximum absolute atomic E-state index is 13.8. The van der Waals surface area contributed by atoms with E-state index in [1.807, 2.05) is 61.7 Å². The van der Waals surface area contributed by atoms with Crippen molar-refractivity contribution >= 4 is 35.0 Å². The number of carbonyl (C=O) groups is 2. The molecule has 2 aromatic heterocycles. The van der Waals surface area contributed by atoms with Crippen molar-refractivity contribution in [1.29, 1.82) is 0 Å². The van der Waals surface area contributed by atoms with Crippen LogP contribution in [-0.2, 0) is 30.8 Å². The second-order valence-corrected chi connectivity index (χ2v) is 14.7. The van der Waals surface area contributed by atoms with Crippen LogP contribution in [0.3, 0.4) is 0 Å². The summed E-state index contributed by atoms with van der Waals surface area (Å²) in [4.78, 5) is 37.4. The van der Waals surface area contributed by atoms with Crippen LogP contribution >= 0.6 is 23.2 Å². The SMILES string of the molecule is Cc1nccc(-c2ccc(CCNC(=O)C3Cc4cc5c(cc4CN3C(=O)c3cnco3)OC(c3ccc(OCc4ccc(Cl)c(Cl)c4)cc3)CO5)cc2)c1C. The Morgan fingerprint density at radius 3 is 2.46 bits per heavy atom. The maximum atomic E-state index is 13.8. The van der Waals surface area contributed by atoms with Gasteiger partial charge in [0, 0.05) is 31.4 Å². The lowest BCUT2D eigenvalue weighted by Crippen LogP contribution is -2.52. The highest BCUT2D eigenvalue weighted by Crippen LogP contribution is 2.41. The molecule has 2 atom stereocenters. The molecule has 0 fully saturated rings. The molecule has 6 aromatic rings. The predicted molar refractivity (Wildman–Crippen MR) is 212 cm³/mol. The molecule has 8 rings (SSSR count). The van der Waals surface area contributed by atoms with Crippen LogP contribution in [0.4, 0.5) is 0 Å². The minimum atomic E-state index is -0.770. The zero-order chi connectivity index (χ0) is 38.8. The van der Waals surface area contributed by atoms with Crippen molar-refractivity contribution in [3.8, 4) is 28.4 Å². The first kappa shape index (κ1) is 37.1. The molecule has 0 aliphatic carbocycles. The van der Waals surface area contributed by atoms with Gasteiger partial charge in [-0.25, -0.2) is 4.98 Å². The Balaban J connectivity index is 0.930. The number of hydrogen-bond acceptors (Lipinski definition) is 8. The first-order valence-electron chi connectivity index (χ1n) is 18.3. The van der Waals surface area contributed by atoms with Crippen LogP contribution in [0.2, 0.25) is 10.0 Å². The highest BCUT2D eigenvalue weighted by molar-refractivity contribution is 6.42. The van der Waals surface area contributed by atoms with Gasteiger partial charge in [-0.15, -0.1) is 0 Å². The van der Waals surface area contributed by atoms with Gasteiger partial charge in [0.05, 0.1) is 16.2 Å². The molecule has 2 aliphatic heterocycles. The van der Waals surface area contributed by atoms with Gasteiger partial charge in [0.1, 0.15) is 25.0 Å². The quantitative estimate of drug-likeness (QED) is 0.147. The standard InChI is InChI=1S/C44H38Cl2N4O6/c1-26-27(2)48-16-14-35(26)30-6-3-28(4-7-30)13-15-49-43(51)38-18-32-19-39-40(20-33(32)22-50(38)44(52)41-21-47-25-55-41)56-42(24-54-39)31-8-10-34(11-9-31)53-23-29-5-12-36(45)37(46)17-29/h3-12,14,16-17,19-21,25,38,42H,13,15,18,22-24H2,1-2H3,(H,49,51). The third-order valence-corrected chi connectivity index (χ3v) is 11.1. The van der Waals surface area contributed by atoms with E-state index in [-0.39, 0.29) is 24.3 Å². The number of amides is 2. The number of ether oxygens (including phenoxy) is 3. The fourth-order valence-electron chi connectivity index (χ4n) is 7.05. The Morgan fingerprint density at radius 1 is 0.911 bits per heavy atom. The Morgan fingerprint density at radius 2 is 1.70 bits per heavy atom. The first-order valence-corrected chi connectivity index (χ1v) is 19.1. The molecule has 2 unspecified atom stereocenters. The maximum Gasteiger partial charge on any atom is 0.292 e. The van der Waals surface area contributed by atoms with Gasteiger partial charge in [-0.05, 0) is 107 Å². The second-order valence-electron chi connectivity index (χ2n) is 13.9. The third kappa shape index (κ3) is 7.94. The minimum absolute atomic E-state index is 0.0629. The van der Waals surface area contributed by atoms with E-state index < -0.39 is 11.9 Å². The van der Waals surface area contributed by atoms with Crippen LogP contribution in [-0.4, -0.2) is 45.9 Å². The third-order valence-electron chi connectivity index (χ3n) is 10.3. The average molecular weight is 790 g/mol. The molecular formula is C44H38Cl2N4O6. The summed E-state index contributed by atoms with van der Waals surface area (Å²) in [5, 5.41) is 4.05. The van der Waals surface area contributed by atoms with Crippen molar-refractivity contribution in [2.45, 2.75) is 52.0 Å². The van der Waals surface area contributed by atoms with Gasteiger partial charge in [0.25, 0.3) is 5.91 Å². The summed E-state index contributed by atoms with van der Waals surface area (Å²) < 4.78 is 24.0. The van der Waals surface area contributed by atoms with Crippen molar-refractivity contribution in [3.05, 3.63) is 159 Å². The lowest BCUT2D eigenvalue weighted by molar-refractivity contribution is -0.126. The highest BCUT2D eigenvalue weighted by Gasteiger charge is 2.37. The van der Waals surface area contributed by atoms with E-state index in [4.69, 9.17) is 41.8 Å². The zero-order valence-corrected chi connectivity index (χ0v) is 32.3. The number of halogens is 2. The van der Waals surface area contributed by atoms with Gasteiger partial charge in [-0.3, -0.25) is 14.6 Å².